The molecule has 0 aliphatic heterocycles. The van der Waals surface area contributed by atoms with E-state index in [4.69, 9.17) is 0 Å². The number of aliphatic imine (C=N–C) groups is 1. The summed E-state index contributed by atoms with van der Waals surface area (Å²) in [5.74, 6) is 3.07. The molecule has 0 radical (unpaired) electrons. The van der Waals surface area contributed by atoms with Crippen molar-refractivity contribution in [1.29, 1.82) is 0 Å². The molecule has 0 saturated heterocycles. The van der Waals surface area contributed by atoms with Crippen LogP contribution in [0.3, 0.4) is 0 Å². The van der Waals surface area contributed by atoms with Crippen LogP contribution in [0.5, 0.6) is 0 Å². The Bertz CT molecular complexity index is 641. The van der Waals surface area contributed by atoms with Gasteiger partial charge in [-0.2, -0.15) is 11.8 Å². The first-order valence-corrected chi connectivity index (χ1v) is 9.58. The average molecular weight is 461 g/mol. The maximum absolute atomic E-state index is 4.65. The molecule has 2 N–H and O–H groups in total. The number of imidazole rings is 1. The highest BCUT2D eigenvalue weighted by Gasteiger charge is 2.05. The van der Waals surface area contributed by atoms with Crippen LogP contribution in [0, 0.1) is 6.92 Å². The lowest BCUT2D eigenvalue weighted by atomic mass is 10.3. The van der Waals surface area contributed by atoms with Crippen LogP contribution in [0.2, 0.25) is 0 Å². The number of guanidine groups is 1. The van der Waals surface area contributed by atoms with Crippen LogP contribution in [0.25, 0.3) is 11.0 Å². The number of fused-ring (bicyclic) bond motifs is 1. The number of halogens is 1. The minimum atomic E-state index is 0. The summed E-state index contributed by atoms with van der Waals surface area (Å²) in [6, 6.07) is 8.30. The predicted molar refractivity (Wildman–Crippen MR) is 117 cm³/mol. The Balaban J connectivity index is 0.00000288. The third kappa shape index (κ3) is 6.16. The second kappa shape index (κ2) is 11.6. The highest BCUT2D eigenvalue weighted by atomic mass is 127. The molecule has 0 saturated carbocycles. The minimum absolute atomic E-state index is 0. The Labute approximate surface area is 166 Å². The molecular formula is C17H28IN5S. The van der Waals surface area contributed by atoms with Gasteiger partial charge in [-0.25, -0.2) is 4.98 Å². The summed E-state index contributed by atoms with van der Waals surface area (Å²) in [6.07, 6.45) is 3.11. The molecule has 5 nitrogen and oxygen atoms in total. The summed E-state index contributed by atoms with van der Waals surface area (Å²) in [4.78, 5) is 9.25. The Kier molecular flexibility index (Phi) is 10.2. The van der Waals surface area contributed by atoms with Crippen LogP contribution in [0.1, 0.15) is 19.2 Å². The second-order valence-electron chi connectivity index (χ2n) is 5.33. The van der Waals surface area contributed by atoms with E-state index in [2.05, 4.69) is 63.5 Å². The lowest BCUT2D eigenvalue weighted by molar-refractivity contribution is 0.646. The fraction of sp³-hybridized carbons (Fsp3) is 0.529. The van der Waals surface area contributed by atoms with Gasteiger partial charge in [-0.1, -0.05) is 12.1 Å². The maximum Gasteiger partial charge on any atom is 0.191 e. The van der Waals surface area contributed by atoms with Crippen molar-refractivity contribution in [3.8, 4) is 0 Å². The Morgan fingerprint density at radius 2 is 2.08 bits per heavy atom. The maximum atomic E-state index is 4.65. The number of hydrogen-bond acceptors (Lipinski definition) is 3. The van der Waals surface area contributed by atoms with Gasteiger partial charge in [0.15, 0.2) is 5.96 Å². The first-order valence-electron chi connectivity index (χ1n) is 8.19. The molecule has 0 bridgehead atoms. The molecule has 0 unspecified atom stereocenters. The molecule has 0 aliphatic carbocycles. The molecule has 0 spiro atoms. The number of nitrogens with zero attached hydrogens (tertiary/aromatic N) is 3. The molecule has 1 aromatic heterocycles. The molecule has 0 fully saturated rings. The topological polar surface area (TPSA) is 54.2 Å². The molecule has 0 aliphatic rings. The number of aryl methyl sites for hydroxylation is 2. The molecule has 0 amide bonds. The lowest BCUT2D eigenvalue weighted by Crippen LogP contribution is -2.38. The van der Waals surface area contributed by atoms with Crippen molar-refractivity contribution in [2.75, 3.05) is 31.6 Å². The van der Waals surface area contributed by atoms with Gasteiger partial charge in [-0.05, 0) is 38.7 Å². The normalized spacial score (nSPS) is 11.4. The molecule has 0 atom stereocenters. The quantitative estimate of drug-likeness (QED) is 0.274. The fourth-order valence-corrected chi connectivity index (χ4v) is 2.82. The Morgan fingerprint density at radius 1 is 1.29 bits per heavy atom. The predicted octanol–water partition coefficient (Wildman–Crippen LogP) is 3.27. The molecule has 2 rings (SSSR count). The summed E-state index contributed by atoms with van der Waals surface area (Å²) in [6.45, 7) is 7.74. The van der Waals surface area contributed by atoms with Gasteiger partial charge in [0.1, 0.15) is 5.82 Å². The highest BCUT2D eigenvalue weighted by Crippen LogP contribution is 2.15. The van der Waals surface area contributed by atoms with E-state index in [1.165, 1.54) is 5.52 Å². The van der Waals surface area contributed by atoms with E-state index >= 15 is 0 Å². The van der Waals surface area contributed by atoms with E-state index in [1.54, 1.807) is 0 Å². The first kappa shape index (κ1) is 21.1. The zero-order valence-corrected chi connectivity index (χ0v) is 17.9. The van der Waals surface area contributed by atoms with Gasteiger partial charge in [0.05, 0.1) is 11.0 Å². The fourth-order valence-electron chi connectivity index (χ4n) is 2.51. The third-order valence-corrected chi connectivity index (χ3v) is 4.21. The zero-order chi connectivity index (χ0) is 16.5. The van der Waals surface area contributed by atoms with Crippen molar-refractivity contribution in [3.05, 3.63) is 30.1 Å². The van der Waals surface area contributed by atoms with Crippen molar-refractivity contribution < 1.29 is 0 Å². The number of para-hydroxylation sites is 2. The van der Waals surface area contributed by atoms with E-state index in [9.17, 15) is 0 Å². The number of benzene rings is 1. The van der Waals surface area contributed by atoms with Gasteiger partial charge < -0.3 is 15.2 Å². The molecule has 1 aromatic carbocycles. The largest absolute Gasteiger partial charge is 0.357 e. The van der Waals surface area contributed by atoms with Crippen LogP contribution in [0.15, 0.2) is 29.3 Å². The number of hydrogen-bond donors (Lipinski definition) is 2. The van der Waals surface area contributed by atoms with Crippen LogP contribution < -0.4 is 10.6 Å². The van der Waals surface area contributed by atoms with Crippen LogP contribution in [-0.4, -0.2) is 47.2 Å². The summed E-state index contributed by atoms with van der Waals surface area (Å²) < 4.78 is 2.28. The van der Waals surface area contributed by atoms with E-state index in [-0.39, 0.29) is 24.0 Å². The van der Waals surface area contributed by atoms with E-state index < -0.39 is 0 Å². The Morgan fingerprint density at radius 3 is 2.83 bits per heavy atom. The van der Waals surface area contributed by atoms with E-state index in [0.29, 0.717) is 0 Å². The molecule has 7 heteroatoms. The van der Waals surface area contributed by atoms with Crippen molar-refractivity contribution >= 4 is 52.7 Å². The van der Waals surface area contributed by atoms with Crippen molar-refractivity contribution in [3.63, 3.8) is 0 Å². The number of nitrogens with one attached hydrogen (secondary N) is 2. The SMILES string of the molecule is CCNC(=NCCCn1c(C)nc2ccccc21)NCCSC.I. The van der Waals surface area contributed by atoms with Crippen LogP contribution >= 0.6 is 35.7 Å². The molecule has 1 heterocycles. The van der Waals surface area contributed by atoms with Crippen molar-refractivity contribution in [2.24, 2.45) is 4.99 Å². The van der Waals surface area contributed by atoms with E-state index in [1.807, 2.05) is 17.8 Å². The summed E-state index contributed by atoms with van der Waals surface area (Å²) in [7, 11) is 0. The average Bonchev–Trinajstić information content (AvgIpc) is 2.87. The Hall–Kier alpha value is -0.960. The molecular weight excluding hydrogens is 433 g/mol. The zero-order valence-electron chi connectivity index (χ0n) is 14.7. The molecule has 2 aromatic rings. The van der Waals surface area contributed by atoms with Crippen molar-refractivity contribution in [2.45, 2.75) is 26.8 Å². The van der Waals surface area contributed by atoms with E-state index in [0.717, 1.165) is 55.7 Å². The van der Waals surface area contributed by atoms with Crippen molar-refractivity contribution in [1.82, 2.24) is 20.2 Å². The van der Waals surface area contributed by atoms with Gasteiger partial charge in [0, 0.05) is 31.9 Å². The second-order valence-corrected chi connectivity index (χ2v) is 6.32. The monoisotopic (exact) mass is 461 g/mol. The van der Waals surface area contributed by atoms with Crippen LogP contribution in [-0.2, 0) is 6.54 Å². The number of rotatable bonds is 8. The number of thioether (sulfide) groups is 1. The van der Waals surface area contributed by atoms with Crippen LogP contribution in [0.4, 0.5) is 0 Å². The lowest BCUT2D eigenvalue weighted by Gasteiger charge is -2.11. The van der Waals surface area contributed by atoms with Gasteiger partial charge in [0.25, 0.3) is 0 Å². The highest BCUT2D eigenvalue weighted by molar-refractivity contribution is 14.0. The first-order chi connectivity index (χ1) is 11.3. The smallest absolute Gasteiger partial charge is 0.191 e. The standard InChI is InChI=1S/C17H27N5S.HI/c1-4-18-17(20-11-13-23-3)19-10-7-12-22-14(2)21-15-8-5-6-9-16(15)22;/h5-6,8-9H,4,7,10-13H2,1-3H3,(H2,18,19,20);1H. The van der Waals surface area contributed by atoms with Gasteiger partial charge >= 0.3 is 0 Å². The minimum Gasteiger partial charge on any atom is -0.357 e. The van der Waals surface area contributed by atoms with Gasteiger partial charge in [-0.15, -0.1) is 24.0 Å². The summed E-state index contributed by atoms with van der Waals surface area (Å²) >= 11 is 1.84. The summed E-state index contributed by atoms with van der Waals surface area (Å²) in [5.41, 5.74) is 2.28. The third-order valence-electron chi connectivity index (χ3n) is 3.60. The van der Waals surface area contributed by atoms with Gasteiger partial charge in [0.2, 0.25) is 0 Å². The number of aromatic nitrogens is 2. The van der Waals surface area contributed by atoms with Gasteiger partial charge in [-0.3, -0.25) is 4.99 Å². The summed E-state index contributed by atoms with van der Waals surface area (Å²) in [5, 5.41) is 6.64. The molecule has 134 valence electrons. The molecule has 24 heavy (non-hydrogen) atoms.